The van der Waals surface area contributed by atoms with E-state index in [1.165, 1.54) is 5.56 Å². The van der Waals surface area contributed by atoms with Crippen molar-refractivity contribution in [2.24, 2.45) is 0 Å². The molecule has 4 nitrogen and oxygen atoms in total. The number of hydrogen-bond acceptors (Lipinski definition) is 3. The number of unbranched alkanes of at least 4 members (excludes halogenated alkanes) is 1. The monoisotopic (exact) mass is 284 g/mol. The zero-order valence-electron chi connectivity index (χ0n) is 12.0. The van der Waals surface area contributed by atoms with Crippen LogP contribution in [0.5, 0.6) is 0 Å². The Bertz CT molecular complexity index is 529. The number of aryl methyl sites for hydroxylation is 1. The number of amides is 1. The first-order chi connectivity index (χ1) is 10.3. The van der Waals surface area contributed by atoms with E-state index in [0.29, 0.717) is 13.2 Å². The predicted octanol–water partition coefficient (Wildman–Crippen LogP) is 3.33. The van der Waals surface area contributed by atoms with E-state index < -0.39 is 0 Å². The summed E-state index contributed by atoms with van der Waals surface area (Å²) in [5, 5.41) is 2.76. The molecule has 1 amide bonds. The van der Waals surface area contributed by atoms with Gasteiger partial charge in [0.25, 0.3) is 0 Å². The van der Waals surface area contributed by atoms with Crippen molar-refractivity contribution in [3.63, 3.8) is 0 Å². The Balaban J connectivity index is 1.53. The summed E-state index contributed by atoms with van der Waals surface area (Å²) in [4.78, 5) is 15.6. The zero-order chi connectivity index (χ0) is 14.8. The lowest BCUT2D eigenvalue weighted by Gasteiger charge is -2.07. The number of hydrogen-bond donors (Lipinski definition) is 1. The van der Waals surface area contributed by atoms with Crippen molar-refractivity contribution < 1.29 is 9.53 Å². The summed E-state index contributed by atoms with van der Waals surface area (Å²) in [6.45, 7) is 0.941. The van der Waals surface area contributed by atoms with Gasteiger partial charge in [0.15, 0.2) is 0 Å². The standard InChI is InChI=1S/C17H20N2O2/c20-17(21-14-16-8-2-1-3-9-16)19-12-5-4-7-15-10-6-11-18-13-15/h1-3,6,8-11,13H,4-5,7,12,14H2,(H,19,20). The van der Waals surface area contributed by atoms with Gasteiger partial charge < -0.3 is 10.1 Å². The van der Waals surface area contributed by atoms with Crippen LogP contribution >= 0.6 is 0 Å². The molecule has 0 radical (unpaired) electrons. The van der Waals surface area contributed by atoms with E-state index in [2.05, 4.69) is 16.4 Å². The van der Waals surface area contributed by atoms with Crippen LogP contribution in [0.4, 0.5) is 4.79 Å². The number of nitrogens with zero attached hydrogens (tertiary/aromatic N) is 1. The Labute approximate surface area is 125 Å². The fourth-order valence-corrected chi connectivity index (χ4v) is 1.96. The summed E-state index contributed by atoms with van der Waals surface area (Å²) < 4.78 is 5.13. The van der Waals surface area contributed by atoms with Crippen molar-refractivity contribution in [2.45, 2.75) is 25.9 Å². The van der Waals surface area contributed by atoms with Crippen LogP contribution in [0.1, 0.15) is 24.0 Å². The molecule has 0 unspecified atom stereocenters. The molecule has 4 heteroatoms. The maximum atomic E-state index is 11.5. The van der Waals surface area contributed by atoms with Crippen LogP contribution < -0.4 is 5.32 Å². The molecule has 2 aromatic rings. The summed E-state index contributed by atoms with van der Waals surface area (Å²) in [6.07, 6.45) is 6.21. The molecular weight excluding hydrogens is 264 g/mol. The summed E-state index contributed by atoms with van der Waals surface area (Å²) in [5.41, 5.74) is 2.22. The maximum absolute atomic E-state index is 11.5. The number of carbonyl (C=O) groups is 1. The average molecular weight is 284 g/mol. The molecule has 1 aromatic carbocycles. The highest BCUT2D eigenvalue weighted by atomic mass is 16.5. The number of benzene rings is 1. The van der Waals surface area contributed by atoms with Gasteiger partial charge in [-0.2, -0.15) is 0 Å². The lowest BCUT2D eigenvalue weighted by atomic mass is 10.1. The highest BCUT2D eigenvalue weighted by Crippen LogP contribution is 2.03. The van der Waals surface area contributed by atoms with Crippen LogP contribution in [0, 0.1) is 0 Å². The highest BCUT2D eigenvalue weighted by molar-refractivity contribution is 5.67. The van der Waals surface area contributed by atoms with Gasteiger partial charge in [0.1, 0.15) is 6.61 Å². The molecule has 21 heavy (non-hydrogen) atoms. The topological polar surface area (TPSA) is 51.2 Å². The summed E-state index contributed by atoms with van der Waals surface area (Å²) in [5.74, 6) is 0. The van der Waals surface area contributed by atoms with Gasteiger partial charge in [0, 0.05) is 18.9 Å². The number of alkyl carbamates (subject to hydrolysis) is 1. The maximum Gasteiger partial charge on any atom is 0.407 e. The summed E-state index contributed by atoms with van der Waals surface area (Å²) in [7, 11) is 0. The molecule has 0 aliphatic heterocycles. The van der Waals surface area contributed by atoms with E-state index in [4.69, 9.17) is 4.74 Å². The number of nitrogens with one attached hydrogen (secondary N) is 1. The van der Waals surface area contributed by atoms with Crippen molar-refractivity contribution >= 4 is 6.09 Å². The normalized spacial score (nSPS) is 10.1. The minimum atomic E-state index is -0.361. The van der Waals surface area contributed by atoms with E-state index in [1.54, 1.807) is 6.20 Å². The van der Waals surface area contributed by atoms with Gasteiger partial charge in [-0.05, 0) is 36.5 Å². The first-order valence-corrected chi connectivity index (χ1v) is 7.18. The molecule has 0 saturated heterocycles. The van der Waals surface area contributed by atoms with Gasteiger partial charge in [-0.3, -0.25) is 4.98 Å². The third kappa shape index (κ3) is 6.08. The number of ether oxygens (including phenoxy) is 1. The second kappa shape index (κ2) is 8.74. The van der Waals surface area contributed by atoms with E-state index in [9.17, 15) is 4.79 Å². The summed E-state index contributed by atoms with van der Waals surface area (Å²) in [6, 6.07) is 13.7. The van der Waals surface area contributed by atoms with Gasteiger partial charge in [0.05, 0.1) is 0 Å². The lowest BCUT2D eigenvalue weighted by molar-refractivity contribution is 0.139. The Morgan fingerprint density at radius 3 is 2.62 bits per heavy atom. The zero-order valence-corrected chi connectivity index (χ0v) is 12.0. The van der Waals surface area contributed by atoms with Gasteiger partial charge in [-0.1, -0.05) is 36.4 Å². The van der Waals surface area contributed by atoms with E-state index >= 15 is 0 Å². The number of aromatic nitrogens is 1. The molecule has 1 heterocycles. The molecule has 0 aliphatic rings. The predicted molar refractivity (Wildman–Crippen MR) is 81.8 cm³/mol. The van der Waals surface area contributed by atoms with E-state index in [1.807, 2.05) is 42.6 Å². The average Bonchev–Trinajstić information content (AvgIpc) is 2.54. The minimum Gasteiger partial charge on any atom is -0.445 e. The fraction of sp³-hybridized carbons (Fsp3) is 0.294. The van der Waals surface area contributed by atoms with Crippen LogP contribution in [0.3, 0.4) is 0 Å². The number of rotatable bonds is 7. The van der Waals surface area contributed by atoms with Crippen LogP contribution in [-0.4, -0.2) is 17.6 Å². The van der Waals surface area contributed by atoms with Gasteiger partial charge in [-0.15, -0.1) is 0 Å². The first-order valence-electron chi connectivity index (χ1n) is 7.18. The molecule has 0 aliphatic carbocycles. The Morgan fingerprint density at radius 1 is 1.05 bits per heavy atom. The molecule has 0 spiro atoms. The van der Waals surface area contributed by atoms with Crippen molar-refractivity contribution in [3.05, 3.63) is 66.0 Å². The Kier molecular flexibility index (Phi) is 6.26. The van der Waals surface area contributed by atoms with Crippen molar-refractivity contribution in [3.8, 4) is 0 Å². The van der Waals surface area contributed by atoms with Crippen LogP contribution in [0.25, 0.3) is 0 Å². The molecule has 1 N–H and O–H groups in total. The van der Waals surface area contributed by atoms with E-state index in [0.717, 1.165) is 24.8 Å². The second-order valence-corrected chi connectivity index (χ2v) is 4.81. The van der Waals surface area contributed by atoms with Crippen LogP contribution in [0.2, 0.25) is 0 Å². The van der Waals surface area contributed by atoms with Crippen molar-refractivity contribution in [1.82, 2.24) is 10.3 Å². The van der Waals surface area contributed by atoms with Crippen molar-refractivity contribution in [1.29, 1.82) is 0 Å². The quantitative estimate of drug-likeness (QED) is 0.793. The molecule has 0 bridgehead atoms. The minimum absolute atomic E-state index is 0.308. The Morgan fingerprint density at radius 2 is 1.86 bits per heavy atom. The molecule has 2 rings (SSSR count). The fourth-order valence-electron chi connectivity index (χ4n) is 1.96. The smallest absolute Gasteiger partial charge is 0.407 e. The van der Waals surface area contributed by atoms with Gasteiger partial charge in [0.2, 0.25) is 0 Å². The highest BCUT2D eigenvalue weighted by Gasteiger charge is 2.01. The molecule has 0 fully saturated rings. The molecular formula is C17H20N2O2. The second-order valence-electron chi connectivity index (χ2n) is 4.81. The third-order valence-electron chi connectivity index (χ3n) is 3.10. The van der Waals surface area contributed by atoms with Gasteiger partial charge in [-0.25, -0.2) is 4.79 Å². The lowest BCUT2D eigenvalue weighted by Crippen LogP contribution is -2.25. The SMILES string of the molecule is O=C(NCCCCc1cccnc1)OCc1ccccc1. The molecule has 0 atom stereocenters. The van der Waals surface area contributed by atoms with Crippen molar-refractivity contribution in [2.75, 3.05) is 6.54 Å². The molecule has 110 valence electrons. The van der Waals surface area contributed by atoms with Gasteiger partial charge >= 0.3 is 6.09 Å². The Hall–Kier alpha value is -2.36. The van der Waals surface area contributed by atoms with Crippen LogP contribution in [0.15, 0.2) is 54.9 Å². The first kappa shape index (κ1) is 15.0. The van der Waals surface area contributed by atoms with Crippen LogP contribution in [-0.2, 0) is 17.8 Å². The molecule has 1 aromatic heterocycles. The third-order valence-corrected chi connectivity index (χ3v) is 3.10. The number of pyridine rings is 1. The van der Waals surface area contributed by atoms with E-state index in [-0.39, 0.29) is 6.09 Å². The number of carbonyl (C=O) groups excluding carboxylic acids is 1. The summed E-state index contributed by atoms with van der Waals surface area (Å²) >= 11 is 0. The largest absolute Gasteiger partial charge is 0.445 e. The molecule has 0 saturated carbocycles.